The maximum atomic E-state index is 13.7. The lowest BCUT2D eigenvalue weighted by molar-refractivity contribution is -0.132. The molecule has 0 unspecified atom stereocenters. The highest BCUT2D eigenvalue weighted by Gasteiger charge is 2.22. The number of hydrogen-bond acceptors (Lipinski definition) is 5. The Hall–Kier alpha value is -3.65. The van der Waals surface area contributed by atoms with Crippen LogP contribution >= 0.6 is 0 Å². The van der Waals surface area contributed by atoms with Gasteiger partial charge in [-0.2, -0.15) is 0 Å². The predicted molar refractivity (Wildman–Crippen MR) is 154 cm³/mol. The van der Waals surface area contributed by atoms with Crippen molar-refractivity contribution in [3.8, 4) is 5.75 Å². The quantitative estimate of drug-likeness (QED) is 0.442. The van der Waals surface area contributed by atoms with E-state index < -0.39 is 0 Å². The third-order valence-corrected chi connectivity index (χ3v) is 7.29. The summed E-state index contributed by atoms with van der Waals surface area (Å²) in [6.45, 7) is 10.5. The third kappa shape index (κ3) is 7.47. The van der Waals surface area contributed by atoms with Crippen molar-refractivity contribution in [2.75, 3.05) is 38.2 Å². The number of aryl methyl sites for hydroxylation is 1. The first-order valence-corrected chi connectivity index (χ1v) is 13.9. The number of methoxy groups -OCH3 is 1. The highest BCUT2D eigenvalue weighted by atomic mass is 16.5. The summed E-state index contributed by atoms with van der Waals surface area (Å²) in [6, 6.07) is 16.1. The molecular formula is C31H41N5O3. The van der Waals surface area contributed by atoms with Crippen molar-refractivity contribution in [2.45, 2.75) is 59.2 Å². The van der Waals surface area contributed by atoms with Crippen molar-refractivity contribution in [3.05, 3.63) is 77.9 Å². The number of rotatable bonds is 7. The number of para-hydroxylation sites is 1. The second kappa shape index (κ2) is 13.4. The Morgan fingerprint density at radius 3 is 2.62 bits per heavy atom. The van der Waals surface area contributed by atoms with Gasteiger partial charge in [0.1, 0.15) is 11.6 Å². The summed E-state index contributed by atoms with van der Waals surface area (Å²) < 4.78 is 7.50. The van der Waals surface area contributed by atoms with Crippen molar-refractivity contribution in [2.24, 2.45) is 0 Å². The monoisotopic (exact) mass is 531 g/mol. The lowest BCUT2D eigenvalue weighted by Crippen LogP contribution is -2.38. The molecule has 4 rings (SSSR count). The van der Waals surface area contributed by atoms with E-state index in [-0.39, 0.29) is 11.8 Å². The molecule has 0 saturated carbocycles. The van der Waals surface area contributed by atoms with Gasteiger partial charge in [0, 0.05) is 83.2 Å². The fourth-order valence-electron chi connectivity index (χ4n) is 5.25. The molecule has 8 nitrogen and oxygen atoms in total. The standard InChI is InChI=1S/C31H41N5O3/c1-24(2)31-32-14-18-34(31)17-13-30(38)35-20-19-33(22-26-9-7-11-28(21-26)39-4)15-8-16-36(25(3)37)29-12-6-5-10-27(29)23-35/h5-7,9-12,14,18,21,24H,8,13,15-17,19-20,22-23H2,1-4H3. The predicted octanol–water partition coefficient (Wildman–Crippen LogP) is 4.69. The summed E-state index contributed by atoms with van der Waals surface area (Å²) in [5, 5.41) is 0. The topological polar surface area (TPSA) is 70.9 Å². The number of fused-ring (bicyclic) bond motifs is 1. The summed E-state index contributed by atoms with van der Waals surface area (Å²) >= 11 is 0. The van der Waals surface area contributed by atoms with E-state index >= 15 is 0 Å². The van der Waals surface area contributed by atoms with Gasteiger partial charge in [-0.15, -0.1) is 0 Å². The van der Waals surface area contributed by atoms with Gasteiger partial charge in [-0.1, -0.05) is 44.2 Å². The van der Waals surface area contributed by atoms with Crippen LogP contribution < -0.4 is 9.64 Å². The molecule has 8 heteroatoms. The third-order valence-electron chi connectivity index (χ3n) is 7.29. The number of imidazole rings is 1. The number of carbonyl (C=O) groups excluding carboxylic acids is 2. The van der Waals surface area contributed by atoms with Gasteiger partial charge in [0.25, 0.3) is 0 Å². The fourth-order valence-corrected chi connectivity index (χ4v) is 5.25. The molecular weight excluding hydrogens is 490 g/mol. The molecule has 39 heavy (non-hydrogen) atoms. The van der Waals surface area contributed by atoms with Crippen LogP contribution in [0.3, 0.4) is 0 Å². The minimum Gasteiger partial charge on any atom is -0.497 e. The van der Waals surface area contributed by atoms with Crippen LogP contribution in [0.1, 0.15) is 56.5 Å². The zero-order valence-corrected chi connectivity index (χ0v) is 23.7. The number of anilines is 1. The Kier molecular flexibility index (Phi) is 9.76. The number of ether oxygens (including phenoxy) is 1. The van der Waals surface area contributed by atoms with Crippen LogP contribution in [0.4, 0.5) is 5.69 Å². The fraction of sp³-hybridized carbons (Fsp3) is 0.452. The molecule has 0 saturated heterocycles. The van der Waals surface area contributed by atoms with Gasteiger partial charge in [0.2, 0.25) is 11.8 Å². The maximum Gasteiger partial charge on any atom is 0.224 e. The summed E-state index contributed by atoms with van der Waals surface area (Å²) in [7, 11) is 1.68. The molecule has 0 aliphatic carbocycles. The normalized spacial score (nSPS) is 15.1. The average molecular weight is 532 g/mol. The molecule has 208 valence electrons. The van der Waals surface area contributed by atoms with E-state index in [0.717, 1.165) is 54.4 Å². The second-order valence-corrected chi connectivity index (χ2v) is 10.5. The van der Waals surface area contributed by atoms with Crippen LogP contribution in [-0.2, 0) is 29.2 Å². The van der Waals surface area contributed by atoms with Crippen molar-refractivity contribution in [1.82, 2.24) is 19.4 Å². The van der Waals surface area contributed by atoms with E-state index in [0.29, 0.717) is 38.5 Å². The Morgan fingerprint density at radius 1 is 1.03 bits per heavy atom. The first kappa shape index (κ1) is 28.4. The van der Waals surface area contributed by atoms with Crippen molar-refractivity contribution < 1.29 is 14.3 Å². The van der Waals surface area contributed by atoms with Crippen LogP contribution in [0.15, 0.2) is 60.9 Å². The minimum absolute atomic E-state index is 0.0141. The molecule has 0 radical (unpaired) electrons. The molecule has 0 N–H and O–H groups in total. The van der Waals surface area contributed by atoms with E-state index in [1.807, 2.05) is 52.4 Å². The Bertz CT molecular complexity index is 1250. The van der Waals surface area contributed by atoms with Gasteiger partial charge in [-0.3, -0.25) is 14.5 Å². The van der Waals surface area contributed by atoms with E-state index in [1.54, 1.807) is 20.2 Å². The number of nitrogens with zero attached hydrogens (tertiary/aromatic N) is 5. The number of hydrogen-bond donors (Lipinski definition) is 0. The van der Waals surface area contributed by atoms with Crippen LogP contribution in [0, 0.1) is 0 Å². The molecule has 1 aliphatic rings. The Labute approximate surface area is 232 Å². The lowest BCUT2D eigenvalue weighted by Gasteiger charge is -2.28. The summed E-state index contributed by atoms with van der Waals surface area (Å²) in [5.74, 6) is 2.23. The summed E-state index contributed by atoms with van der Waals surface area (Å²) in [5.41, 5.74) is 3.05. The van der Waals surface area contributed by atoms with E-state index in [2.05, 4.69) is 40.4 Å². The molecule has 1 aliphatic heterocycles. The largest absolute Gasteiger partial charge is 0.497 e. The van der Waals surface area contributed by atoms with Crippen molar-refractivity contribution in [1.29, 1.82) is 0 Å². The maximum absolute atomic E-state index is 13.7. The van der Waals surface area contributed by atoms with Crippen LogP contribution in [0.5, 0.6) is 5.75 Å². The van der Waals surface area contributed by atoms with Gasteiger partial charge in [0.15, 0.2) is 0 Å². The molecule has 2 aromatic carbocycles. The summed E-state index contributed by atoms with van der Waals surface area (Å²) in [4.78, 5) is 37.0. The SMILES string of the molecule is COc1cccc(CN2CCCN(C(C)=O)c3ccccc3CN(C(=O)CCn3ccnc3C(C)C)CC2)c1. The highest BCUT2D eigenvalue weighted by Crippen LogP contribution is 2.24. The molecule has 0 fully saturated rings. The molecule has 0 spiro atoms. The zero-order chi connectivity index (χ0) is 27.8. The van der Waals surface area contributed by atoms with Crippen molar-refractivity contribution in [3.63, 3.8) is 0 Å². The first-order chi connectivity index (χ1) is 18.9. The van der Waals surface area contributed by atoms with Crippen LogP contribution in [0.2, 0.25) is 0 Å². The molecule has 0 atom stereocenters. The van der Waals surface area contributed by atoms with E-state index in [9.17, 15) is 9.59 Å². The Morgan fingerprint density at radius 2 is 1.85 bits per heavy atom. The lowest BCUT2D eigenvalue weighted by atomic mass is 10.1. The molecule has 0 bridgehead atoms. The number of aromatic nitrogens is 2. The number of benzene rings is 2. The first-order valence-electron chi connectivity index (χ1n) is 13.9. The minimum atomic E-state index is 0.0141. The second-order valence-electron chi connectivity index (χ2n) is 10.5. The zero-order valence-electron chi connectivity index (χ0n) is 23.7. The smallest absolute Gasteiger partial charge is 0.224 e. The van der Waals surface area contributed by atoms with Crippen molar-refractivity contribution >= 4 is 17.5 Å². The summed E-state index contributed by atoms with van der Waals surface area (Å²) in [6.07, 6.45) is 4.98. The van der Waals surface area contributed by atoms with Gasteiger partial charge in [-0.05, 0) is 35.7 Å². The molecule has 3 aromatic rings. The van der Waals surface area contributed by atoms with Gasteiger partial charge >= 0.3 is 0 Å². The van der Waals surface area contributed by atoms with Crippen LogP contribution in [0.25, 0.3) is 0 Å². The van der Waals surface area contributed by atoms with Crippen LogP contribution in [-0.4, -0.2) is 64.5 Å². The van der Waals surface area contributed by atoms with E-state index in [1.165, 1.54) is 0 Å². The number of amides is 2. The highest BCUT2D eigenvalue weighted by molar-refractivity contribution is 5.92. The molecule has 1 aromatic heterocycles. The number of carbonyl (C=O) groups is 2. The van der Waals surface area contributed by atoms with E-state index in [4.69, 9.17) is 4.74 Å². The average Bonchev–Trinajstić information content (AvgIpc) is 3.40. The van der Waals surface area contributed by atoms with Gasteiger partial charge < -0.3 is 19.1 Å². The Balaban J connectivity index is 1.57. The molecule has 2 amide bonds. The van der Waals surface area contributed by atoms with Gasteiger partial charge in [-0.25, -0.2) is 4.98 Å². The van der Waals surface area contributed by atoms with Gasteiger partial charge in [0.05, 0.1) is 7.11 Å². The molecule has 2 heterocycles.